The van der Waals surface area contributed by atoms with Crippen LogP contribution in [0.5, 0.6) is 0 Å². The summed E-state index contributed by atoms with van der Waals surface area (Å²) >= 11 is 3.22. The van der Waals surface area contributed by atoms with Gasteiger partial charge in [0.15, 0.2) is 0 Å². The topological polar surface area (TPSA) is 38.3 Å². The van der Waals surface area contributed by atoms with E-state index in [1.165, 1.54) is 13.2 Å². The van der Waals surface area contributed by atoms with Crippen LogP contribution in [0.4, 0.5) is 10.1 Å². The van der Waals surface area contributed by atoms with Gasteiger partial charge in [0.25, 0.3) is 0 Å². The van der Waals surface area contributed by atoms with E-state index in [2.05, 4.69) is 26.0 Å². The maximum absolute atomic E-state index is 13.8. The van der Waals surface area contributed by atoms with Crippen LogP contribution in [0.1, 0.15) is 11.1 Å². The Bertz CT molecular complexity index is 646. The van der Waals surface area contributed by atoms with Crippen LogP contribution in [0.25, 0.3) is 0 Å². The van der Waals surface area contributed by atoms with E-state index < -0.39 is 0 Å². The highest BCUT2D eigenvalue weighted by atomic mass is 79.9. The average Bonchev–Trinajstić information content (AvgIpc) is 2.47. The number of rotatable bonds is 5. The molecular formula is C16H15BrFNO2. The van der Waals surface area contributed by atoms with Crippen LogP contribution in [0.3, 0.4) is 0 Å². The summed E-state index contributed by atoms with van der Waals surface area (Å²) in [6.07, 6.45) is 0.206. The molecule has 0 spiro atoms. The third-order valence-electron chi connectivity index (χ3n) is 3.08. The van der Waals surface area contributed by atoms with E-state index in [9.17, 15) is 9.18 Å². The van der Waals surface area contributed by atoms with Crippen molar-refractivity contribution in [2.75, 3.05) is 12.4 Å². The fraction of sp³-hybridized carbons (Fsp3) is 0.188. The molecule has 21 heavy (non-hydrogen) atoms. The fourth-order valence-electron chi connectivity index (χ4n) is 1.95. The molecule has 5 heteroatoms. The van der Waals surface area contributed by atoms with Crippen LogP contribution in [-0.2, 0) is 22.5 Å². The van der Waals surface area contributed by atoms with Crippen LogP contribution >= 0.6 is 15.9 Å². The summed E-state index contributed by atoms with van der Waals surface area (Å²) in [6, 6.07) is 12.4. The lowest BCUT2D eigenvalue weighted by Gasteiger charge is -2.11. The normalized spacial score (nSPS) is 10.2. The molecule has 3 nitrogen and oxygen atoms in total. The van der Waals surface area contributed by atoms with Crippen molar-refractivity contribution in [2.45, 2.75) is 13.0 Å². The second kappa shape index (κ2) is 7.22. The SMILES string of the molecule is COC(=O)Cc1ccccc1CNc1ccc(Br)cc1F. The summed E-state index contributed by atoms with van der Waals surface area (Å²) in [5, 5.41) is 3.04. The molecule has 2 aromatic carbocycles. The molecule has 1 N–H and O–H groups in total. The number of nitrogens with one attached hydrogen (secondary N) is 1. The Balaban J connectivity index is 2.11. The van der Waals surface area contributed by atoms with Crippen molar-refractivity contribution in [1.82, 2.24) is 0 Å². The number of hydrogen-bond acceptors (Lipinski definition) is 3. The lowest BCUT2D eigenvalue weighted by Crippen LogP contribution is -2.09. The second-order valence-electron chi connectivity index (χ2n) is 4.50. The smallest absolute Gasteiger partial charge is 0.309 e. The predicted octanol–water partition coefficient (Wildman–Crippen LogP) is 3.92. The zero-order valence-electron chi connectivity index (χ0n) is 11.5. The molecule has 110 valence electrons. The summed E-state index contributed by atoms with van der Waals surface area (Å²) in [5.74, 6) is -0.618. The lowest BCUT2D eigenvalue weighted by molar-refractivity contribution is -0.139. The van der Waals surface area contributed by atoms with E-state index >= 15 is 0 Å². The van der Waals surface area contributed by atoms with Gasteiger partial charge in [-0.25, -0.2) is 4.39 Å². The van der Waals surface area contributed by atoms with Gasteiger partial charge in [-0.3, -0.25) is 4.79 Å². The Morgan fingerprint density at radius 1 is 1.24 bits per heavy atom. The number of benzene rings is 2. The largest absolute Gasteiger partial charge is 0.469 e. The van der Waals surface area contributed by atoms with Gasteiger partial charge in [-0.15, -0.1) is 0 Å². The van der Waals surface area contributed by atoms with Crippen LogP contribution in [0, 0.1) is 5.82 Å². The Morgan fingerprint density at radius 3 is 2.62 bits per heavy atom. The summed E-state index contributed by atoms with van der Waals surface area (Å²) in [4.78, 5) is 11.4. The first-order valence-corrected chi connectivity index (χ1v) is 7.22. The minimum atomic E-state index is -0.324. The van der Waals surface area contributed by atoms with E-state index in [4.69, 9.17) is 0 Å². The highest BCUT2D eigenvalue weighted by Gasteiger charge is 2.08. The standard InChI is InChI=1S/C16H15BrFNO2/c1-21-16(20)8-11-4-2-3-5-12(11)10-19-15-7-6-13(17)9-14(15)18/h2-7,9,19H,8,10H2,1H3. The first-order chi connectivity index (χ1) is 10.1. The van der Waals surface area contributed by atoms with Gasteiger partial charge in [0, 0.05) is 11.0 Å². The summed E-state index contributed by atoms with van der Waals surface area (Å²) in [7, 11) is 1.36. The van der Waals surface area contributed by atoms with E-state index in [1.54, 1.807) is 12.1 Å². The van der Waals surface area contributed by atoms with Gasteiger partial charge >= 0.3 is 5.97 Å². The van der Waals surface area contributed by atoms with Gasteiger partial charge < -0.3 is 10.1 Å². The predicted molar refractivity (Wildman–Crippen MR) is 83.6 cm³/mol. The van der Waals surface area contributed by atoms with Crippen LogP contribution in [0.2, 0.25) is 0 Å². The number of carbonyl (C=O) groups excluding carboxylic acids is 1. The number of carbonyl (C=O) groups is 1. The van der Waals surface area contributed by atoms with Crippen molar-refractivity contribution in [2.24, 2.45) is 0 Å². The van der Waals surface area contributed by atoms with E-state index in [1.807, 2.05) is 24.3 Å². The molecule has 0 heterocycles. The molecular weight excluding hydrogens is 337 g/mol. The minimum Gasteiger partial charge on any atom is -0.469 e. The second-order valence-corrected chi connectivity index (χ2v) is 5.42. The zero-order chi connectivity index (χ0) is 15.2. The monoisotopic (exact) mass is 351 g/mol. The molecule has 0 amide bonds. The van der Waals surface area contributed by atoms with Crippen molar-refractivity contribution in [1.29, 1.82) is 0 Å². The summed E-state index contributed by atoms with van der Waals surface area (Å²) in [5.41, 5.74) is 2.23. The quantitative estimate of drug-likeness (QED) is 0.829. The molecule has 2 aromatic rings. The van der Waals surface area contributed by atoms with Crippen molar-refractivity contribution < 1.29 is 13.9 Å². The molecule has 0 fully saturated rings. The van der Waals surface area contributed by atoms with Crippen molar-refractivity contribution >= 4 is 27.6 Å². The van der Waals surface area contributed by atoms with Crippen molar-refractivity contribution in [3.05, 3.63) is 63.9 Å². The number of anilines is 1. The van der Waals surface area contributed by atoms with Crippen molar-refractivity contribution in [3.8, 4) is 0 Å². The molecule has 2 rings (SSSR count). The first kappa shape index (κ1) is 15.5. The van der Waals surface area contributed by atoms with E-state index in [-0.39, 0.29) is 18.2 Å². The highest BCUT2D eigenvalue weighted by Crippen LogP contribution is 2.20. The van der Waals surface area contributed by atoms with Crippen LogP contribution in [-0.4, -0.2) is 13.1 Å². The molecule has 0 radical (unpaired) electrons. The molecule has 0 bridgehead atoms. The lowest BCUT2D eigenvalue weighted by atomic mass is 10.0. The van der Waals surface area contributed by atoms with E-state index in [0.29, 0.717) is 16.7 Å². The number of ether oxygens (including phenoxy) is 1. The molecule has 0 atom stereocenters. The third kappa shape index (κ3) is 4.29. The summed E-state index contributed by atoms with van der Waals surface area (Å²) < 4.78 is 19.1. The first-order valence-electron chi connectivity index (χ1n) is 6.42. The minimum absolute atomic E-state index is 0.206. The highest BCUT2D eigenvalue weighted by molar-refractivity contribution is 9.10. The number of esters is 1. The van der Waals surface area contributed by atoms with Gasteiger partial charge in [-0.1, -0.05) is 40.2 Å². The molecule has 0 aliphatic carbocycles. The van der Waals surface area contributed by atoms with Crippen molar-refractivity contribution in [3.63, 3.8) is 0 Å². The maximum Gasteiger partial charge on any atom is 0.309 e. The third-order valence-corrected chi connectivity index (χ3v) is 3.57. The van der Waals surface area contributed by atoms with Gasteiger partial charge in [0.2, 0.25) is 0 Å². The van der Waals surface area contributed by atoms with Gasteiger partial charge in [0.1, 0.15) is 5.82 Å². The van der Waals surface area contributed by atoms with Crippen LogP contribution in [0.15, 0.2) is 46.9 Å². The fourth-order valence-corrected chi connectivity index (χ4v) is 2.29. The average molecular weight is 352 g/mol. The Labute approximate surface area is 131 Å². The molecule has 0 saturated heterocycles. The molecule has 0 aromatic heterocycles. The van der Waals surface area contributed by atoms with Gasteiger partial charge in [0.05, 0.1) is 19.2 Å². The Morgan fingerprint density at radius 2 is 1.95 bits per heavy atom. The van der Waals surface area contributed by atoms with Gasteiger partial charge in [-0.2, -0.15) is 0 Å². The molecule has 0 saturated carbocycles. The summed E-state index contributed by atoms with van der Waals surface area (Å²) in [6.45, 7) is 0.436. The maximum atomic E-state index is 13.8. The number of halogens is 2. The van der Waals surface area contributed by atoms with Gasteiger partial charge in [-0.05, 0) is 29.3 Å². The molecule has 0 aliphatic heterocycles. The zero-order valence-corrected chi connectivity index (χ0v) is 13.1. The number of hydrogen-bond donors (Lipinski definition) is 1. The molecule has 0 aliphatic rings. The number of methoxy groups -OCH3 is 1. The molecule has 0 unspecified atom stereocenters. The Kier molecular flexibility index (Phi) is 5.33. The Hall–Kier alpha value is -1.88. The van der Waals surface area contributed by atoms with Crippen LogP contribution < -0.4 is 5.32 Å². The van der Waals surface area contributed by atoms with E-state index in [0.717, 1.165) is 11.1 Å².